The number of hydrogen-bond donors (Lipinski definition) is 1. The van der Waals surface area contributed by atoms with Gasteiger partial charge in [0.2, 0.25) is 0 Å². The second-order valence-electron chi connectivity index (χ2n) is 3.14. The predicted molar refractivity (Wildman–Crippen MR) is 60.7 cm³/mol. The second-order valence-corrected chi connectivity index (χ2v) is 3.14. The van der Waals surface area contributed by atoms with Crippen molar-refractivity contribution in [1.29, 1.82) is 0 Å². The van der Waals surface area contributed by atoms with Crippen molar-refractivity contribution in [3.8, 4) is 11.4 Å². The van der Waals surface area contributed by atoms with Gasteiger partial charge < -0.3 is 5.73 Å². The Kier molecular flexibility index (Phi) is 2.46. The fraction of sp³-hybridized carbons (Fsp3) is 0. The van der Waals surface area contributed by atoms with Gasteiger partial charge in [-0.1, -0.05) is 30.8 Å². The molecule has 0 bridgehead atoms. The fourth-order valence-electron chi connectivity index (χ4n) is 1.40. The van der Waals surface area contributed by atoms with Gasteiger partial charge in [-0.2, -0.15) is 0 Å². The maximum atomic E-state index is 5.70. The zero-order valence-electron chi connectivity index (χ0n) is 8.22. The van der Waals surface area contributed by atoms with Crippen LogP contribution in [0.3, 0.4) is 0 Å². The van der Waals surface area contributed by atoms with Crippen LogP contribution in [0.4, 0.5) is 0 Å². The van der Waals surface area contributed by atoms with Gasteiger partial charge in [0.25, 0.3) is 0 Å². The Morgan fingerprint density at radius 3 is 2.40 bits per heavy atom. The summed E-state index contributed by atoms with van der Waals surface area (Å²) in [7, 11) is 0. The number of nitrogens with two attached hydrogens (primary N) is 1. The van der Waals surface area contributed by atoms with E-state index in [-0.39, 0.29) is 0 Å². The SMILES string of the molecule is C=C(N)c1ccccc1-c1ncccn1. The molecular weight excluding hydrogens is 186 g/mol. The molecule has 0 fully saturated rings. The Morgan fingerprint density at radius 1 is 1.07 bits per heavy atom. The molecule has 1 aromatic heterocycles. The fourth-order valence-corrected chi connectivity index (χ4v) is 1.40. The minimum Gasteiger partial charge on any atom is -0.399 e. The Hall–Kier alpha value is -2.16. The van der Waals surface area contributed by atoms with E-state index < -0.39 is 0 Å². The molecule has 0 aliphatic heterocycles. The molecule has 2 aromatic rings. The third-order valence-electron chi connectivity index (χ3n) is 2.08. The van der Waals surface area contributed by atoms with Crippen LogP contribution in [0.15, 0.2) is 49.3 Å². The highest BCUT2D eigenvalue weighted by Gasteiger charge is 2.06. The van der Waals surface area contributed by atoms with Crippen LogP contribution in [0.25, 0.3) is 17.1 Å². The Bertz CT molecular complexity index is 477. The smallest absolute Gasteiger partial charge is 0.159 e. The molecule has 1 heterocycles. The van der Waals surface area contributed by atoms with Crippen LogP contribution in [-0.4, -0.2) is 9.97 Å². The summed E-state index contributed by atoms with van der Waals surface area (Å²) in [6, 6.07) is 9.47. The van der Waals surface area contributed by atoms with Crippen LogP contribution in [0.2, 0.25) is 0 Å². The topological polar surface area (TPSA) is 51.8 Å². The van der Waals surface area contributed by atoms with Gasteiger partial charge in [-0.25, -0.2) is 9.97 Å². The van der Waals surface area contributed by atoms with E-state index in [4.69, 9.17) is 5.73 Å². The molecular formula is C12H11N3. The zero-order chi connectivity index (χ0) is 10.7. The summed E-state index contributed by atoms with van der Waals surface area (Å²) < 4.78 is 0. The monoisotopic (exact) mass is 197 g/mol. The molecule has 1 aromatic carbocycles. The molecule has 74 valence electrons. The van der Waals surface area contributed by atoms with Crippen molar-refractivity contribution < 1.29 is 0 Å². The first-order valence-electron chi connectivity index (χ1n) is 4.60. The maximum Gasteiger partial charge on any atom is 0.159 e. The van der Waals surface area contributed by atoms with Gasteiger partial charge in [0, 0.05) is 29.2 Å². The van der Waals surface area contributed by atoms with Gasteiger partial charge in [-0.05, 0) is 6.07 Å². The van der Waals surface area contributed by atoms with Crippen molar-refractivity contribution in [2.75, 3.05) is 0 Å². The molecule has 2 rings (SSSR count). The molecule has 0 aliphatic rings. The number of nitrogens with zero attached hydrogens (tertiary/aromatic N) is 2. The number of rotatable bonds is 2. The van der Waals surface area contributed by atoms with Gasteiger partial charge in [-0.15, -0.1) is 0 Å². The van der Waals surface area contributed by atoms with Gasteiger partial charge in [0.15, 0.2) is 5.82 Å². The van der Waals surface area contributed by atoms with Crippen molar-refractivity contribution in [1.82, 2.24) is 9.97 Å². The average molecular weight is 197 g/mol. The van der Waals surface area contributed by atoms with Crippen LogP contribution >= 0.6 is 0 Å². The molecule has 0 amide bonds. The summed E-state index contributed by atoms with van der Waals surface area (Å²) in [5.41, 5.74) is 8.01. The number of hydrogen-bond acceptors (Lipinski definition) is 3. The molecule has 2 N–H and O–H groups in total. The predicted octanol–water partition coefficient (Wildman–Crippen LogP) is 2.07. The van der Waals surface area contributed by atoms with Gasteiger partial charge in [0.1, 0.15) is 0 Å². The van der Waals surface area contributed by atoms with Crippen LogP contribution in [0.5, 0.6) is 0 Å². The highest BCUT2D eigenvalue weighted by atomic mass is 14.9. The number of benzene rings is 1. The van der Waals surface area contributed by atoms with Crippen molar-refractivity contribution in [2.45, 2.75) is 0 Å². The van der Waals surface area contributed by atoms with Crippen LogP contribution in [-0.2, 0) is 0 Å². The lowest BCUT2D eigenvalue weighted by molar-refractivity contribution is 1.17. The molecule has 3 heteroatoms. The third kappa shape index (κ3) is 1.86. The first-order valence-corrected chi connectivity index (χ1v) is 4.60. The van der Waals surface area contributed by atoms with E-state index in [1.807, 2.05) is 24.3 Å². The molecule has 0 radical (unpaired) electrons. The van der Waals surface area contributed by atoms with E-state index in [1.165, 1.54) is 0 Å². The summed E-state index contributed by atoms with van der Waals surface area (Å²) in [5.74, 6) is 0.666. The van der Waals surface area contributed by atoms with Crippen LogP contribution in [0.1, 0.15) is 5.56 Å². The molecule has 3 nitrogen and oxygen atoms in total. The van der Waals surface area contributed by atoms with Gasteiger partial charge >= 0.3 is 0 Å². The maximum absolute atomic E-state index is 5.70. The summed E-state index contributed by atoms with van der Waals surface area (Å²) >= 11 is 0. The summed E-state index contributed by atoms with van der Waals surface area (Å²) in [6.45, 7) is 3.73. The zero-order valence-corrected chi connectivity index (χ0v) is 8.22. The molecule has 0 atom stereocenters. The van der Waals surface area contributed by atoms with Crippen LogP contribution in [0, 0.1) is 0 Å². The Balaban J connectivity index is 2.58. The van der Waals surface area contributed by atoms with Crippen molar-refractivity contribution in [2.24, 2.45) is 5.73 Å². The summed E-state index contributed by atoms with van der Waals surface area (Å²) in [5, 5.41) is 0. The van der Waals surface area contributed by atoms with Crippen LogP contribution < -0.4 is 5.73 Å². The Morgan fingerprint density at radius 2 is 1.73 bits per heavy atom. The molecule has 0 unspecified atom stereocenters. The molecule has 15 heavy (non-hydrogen) atoms. The van der Waals surface area contributed by atoms with E-state index in [1.54, 1.807) is 18.5 Å². The summed E-state index contributed by atoms with van der Waals surface area (Å²) in [4.78, 5) is 8.37. The van der Waals surface area contributed by atoms with Crippen molar-refractivity contribution in [3.63, 3.8) is 0 Å². The number of aromatic nitrogens is 2. The minimum absolute atomic E-state index is 0.526. The minimum atomic E-state index is 0.526. The second kappa shape index (κ2) is 3.92. The van der Waals surface area contributed by atoms with Crippen molar-refractivity contribution >= 4 is 5.70 Å². The molecule has 0 aliphatic carbocycles. The van der Waals surface area contributed by atoms with E-state index >= 15 is 0 Å². The standard InChI is InChI=1S/C12H11N3/c1-9(13)10-5-2-3-6-11(10)12-14-7-4-8-15-12/h2-8H,1,13H2. The average Bonchev–Trinajstić information content (AvgIpc) is 2.30. The van der Waals surface area contributed by atoms with Gasteiger partial charge in [-0.3, -0.25) is 0 Å². The van der Waals surface area contributed by atoms with Crippen molar-refractivity contribution in [3.05, 3.63) is 54.9 Å². The Labute approximate surface area is 88.3 Å². The normalized spacial score (nSPS) is 9.87. The quantitative estimate of drug-likeness (QED) is 0.801. The first-order chi connectivity index (χ1) is 7.29. The van der Waals surface area contributed by atoms with E-state index in [2.05, 4.69) is 16.5 Å². The highest BCUT2D eigenvalue weighted by Crippen LogP contribution is 2.22. The molecule has 0 saturated heterocycles. The highest BCUT2D eigenvalue weighted by molar-refractivity contribution is 5.75. The summed E-state index contributed by atoms with van der Waals surface area (Å²) in [6.07, 6.45) is 3.41. The van der Waals surface area contributed by atoms with E-state index in [0.717, 1.165) is 11.1 Å². The molecule has 0 spiro atoms. The molecule has 0 saturated carbocycles. The lowest BCUT2D eigenvalue weighted by Gasteiger charge is -2.06. The van der Waals surface area contributed by atoms with Gasteiger partial charge in [0.05, 0.1) is 0 Å². The largest absolute Gasteiger partial charge is 0.399 e. The first kappa shape index (κ1) is 9.40. The lowest BCUT2D eigenvalue weighted by Crippen LogP contribution is -1.98. The van der Waals surface area contributed by atoms with E-state index in [0.29, 0.717) is 11.5 Å². The lowest BCUT2D eigenvalue weighted by atomic mass is 10.1. The van der Waals surface area contributed by atoms with E-state index in [9.17, 15) is 0 Å². The third-order valence-corrected chi connectivity index (χ3v) is 2.08.